The fraction of sp³-hybridized carbons (Fsp3) is 0.562. The SMILES string of the molecule is CC1CCN(CCNCc2cn[nH]c2-c2cccs2)CC1. The fourth-order valence-electron chi connectivity index (χ4n) is 2.83. The van der Waals surface area contributed by atoms with Gasteiger partial charge in [-0.1, -0.05) is 13.0 Å². The molecule has 0 spiro atoms. The molecule has 0 radical (unpaired) electrons. The number of nitrogens with one attached hydrogen (secondary N) is 2. The van der Waals surface area contributed by atoms with E-state index < -0.39 is 0 Å². The smallest absolute Gasteiger partial charge is 0.0794 e. The molecule has 0 saturated carbocycles. The van der Waals surface area contributed by atoms with E-state index in [4.69, 9.17) is 0 Å². The van der Waals surface area contributed by atoms with Crippen molar-refractivity contribution in [3.05, 3.63) is 29.3 Å². The van der Waals surface area contributed by atoms with E-state index >= 15 is 0 Å². The molecule has 1 fully saturated rings. The van der Waals surface area contributed by atoms with Gasteiger partial charge in [-0.2, -0.15) is 5.10 Å². The quantitative estimate of drug-likeness (QED) is 0.807. The zero-order valence-corrected chi connectivity index (χ0v) is 13.5. The van der Waals surface area contributed by atoms with E-state index in [9.17, 15) is 0 Å². The first-order chi connectivity index (χ1) is 10.3. The lowest BCUT2D eigenvalue weighted by molar-refractivity contribution is 0.193. The first-order valence-corrected chi connectivity index (χ1v) is 8.70. The maximum Gasteiger partial charge on any atom is 0.0794 e. The van der Waals surface area contributed by atoms with Crippen molar-refractivity contribution in [3.63, 3.8) is 0 Å². The molecule has 1 aliphatic heterocycles. The Labute approximate surface area is 130 Å². The number of nitrogens with zero attached hydrogens (tertiary/aromatic N) is 2. The lowest BCUT2D eigenvalue weighted by Gasteiger charge is -2.30. The summed E-state index contributed by atoms with van der Waals surface area (Å²) in [4.78, 5) is 3.83. The van der Waals surface area contributed by atoms with Crippen molar-refractivity contribution in [3.8, 4) is 10.6 Å². The molecule has 4 nitrogen and oxygen atoms in total. The van der Waals surface area contributed by atoms with Crippen molar-refractivity contribution >= 4 is 11.3 Å². The van der Waals surface area contributed by atoms with Crippen LogP contribution >= 0.6 is 11.3 Å². The summed E-state index contributed by atoms with van der Waals surface area (Å²) in [5.74, 6) is 0.911. The molecular formula is C16H24N4S. The number of H-pyrrole nitrogens is 1. The standard InChI is InChI=1S/C16H24N4S/c1-13-4-7-20(8-5-13)9-6-17-11-14-12-18-19-16(14)15-3-2-10-21-15/h2-3,10,12-13,17H,4-9,11H2,1H3,(H,18,19). The minimum Gasteiger partial charge on any atom is -0.311 e. The number of piperidine rings is 1. The average molecular weight is 304 g/mol. The van der Waals surface area contributed by atoms with Crippen LogP contribution in [0.2, 0.25) is 0 Å². The lowest BCUT2D eigenvalue weighted by atomic mass is 9.99. The van der Waals surface area contributed by atoms with Gasteiger partial charge in [-0.3, -0.25) is 5.10 Å². The molecule has 1 saturated heterocycles. The van der Waals surface area contributed by atoms with Gasteiger partial charge in [0.25, 0.3) is 0 Å². The highest BCUT2D eigenvalue weighted by Crippen LogP contribution is 2.25. The van der Waals surface area contributed by atoms with E-state index in [-0.39, 0.29) is 0 Å². The third-order valence-corrected chi connectivity index (χ3v) is 5.17. The van der Waals surface area contributed by atoms with Gasteiger partial charge in [0.15, 0.2) is 0 Å². The second-order valence-corrected chi connectivity index (χ2v) is 6.90. The number of thiophene rings is 1. The molecule has 3 rings (SSSR count). The third-order valence-electron chi connectivity index (χ3n) is 4.28. The Bertz CT molecular complexity index is 526. The molecule has 114 valence electrons. The number of likely N-dealkylation sites (tertiary alicyclic amines) is 1. The van der Waals surface area contributed by atoms with E-state index in [1.165, 1.54) is 36.4 Å². The lowest BCUT2D eigenvalue weighted by Crippen LogP contribution is -2.37. The van der Waals surface area contributed by atoms with Crippen LogP contribution in [0.1, 0.15) is 25.3 Å². The van der Waals surface area contributed by atoms with Crippen LogP contribution in [-0.2, 0) is 6.54 Å². The first-order valence-electron chi connectivity index (χ1n) is 7.82. The summed E-state index contributed by atoms with van der Waals surface area (Å²) < 4.78 is 0. The summed E-state index contributed by atoms with van der Waals surface area (Å²) in [6.45, 7) is 7.96. The predicted octanol–water partition coefficient (Wildman–Crippen LogP) is 2.96. The van der Waals surface area contributed by atoms with Crippen molar-refractivity contribution in [2.75, 3.05) is 26.2 Å². The van der Waals surface area contributed by atoms with Gasteiger partial charge in [0, 0.05) is 25.2 Å². The molecule has 0 aromatic carbocycles. The number of hydrogen-bond donors (Lipinski definition) is 2. The average Bonchev–Trinajstić information content (AvgIpc) is 3.16. The Morgan fingerprint density at radius 1 is 1.43 bits per heavy atom. The Hall–Kier alpha value is -1.17. The molecule has 2 aromatic heterocycles. The van der Waals surface area contributed by atoms with Crippen LogP contribution in [-0.4, -0.2) is 41.3 Å². The zero-order valence-electron chi connectivity index (χ0n) is 12.6. The molecular weight excluding hydrogens is 280 g/mol. The van der Waals surface area contributed by atoms with Crippen LogP contribution in [0.3, 0.4) is 0 Å². The first kappa shape index (κ1) is 14.8. The maximum atomic E-state index is 4.19. The molecule has 5 heteroatoms. The summed E-state index contributed by atoms with van der Waals surface area (Å²) in [7, 11) is 0. The topological polar surface area (TPSA) is 44.0 Å². The van der Waals surface area contributed by atoms with Gasteiger partial charge in [-0.05, 0) is 43.3 Å². The second kappa shape index (κ2) is 7.20. The minimum absolute atomic E-state index is 0.883. The largest absolute Gasteiger partial charge is 0.311 e. The van der Waals surface area contributed by atoms with Gasteiger partial charge in [-0.25, -0.2) is 0 Å². The molecule has 0 amide bonds. The summed E-state index contributed by atoms with van der Waals surface area (Å²) in [6.07, 6.45) is 4.64. The Kier molecular flexibility index (Phi) is 5.06. The molecule has 2 N–H and O–H groups in total. The summed E-state index contributed by atoms with van der Waals surface area (Å²) in [5, 5.41) is 13.0. The molecule has 21 heavy (non-hydrogen) atoms. The van der Waals surface area contributed by atoms with Gasteiger partial charge in [0.05, 0.1) is 16.8 Å². The molecule has 0 aliphatic carbocycles. The van der Waals surface area contributed by atoms with Crippen LogP contribution < -0.4 is 5.32 Å². The molecule has 0 unspecified atom stereocenters. The van der Waals surface area contributed by atoms with E-state index in [1.54, 1.807) is 11.3 Å². The van der Waals surface area contributed by atoms with Gasteiger partial charge >= 0.3 is 0 Å². The highest BCUT2D eigenvalue weighted by molar-refractivity contribution is 7.13. The van der Waals surface area contributed by atoms with Crippen LogP contribution in [0.4, 0.5) is 0 Å². The second-order valence-electron chi connectivity index (χ2n) is 5.95. The number of hydrogen-bond acceptors (Lipinski definition) is 4. The van der Waals surface area contributed by atoms with Crippen molar-refractivity contribution < 1.29 is 0 Å². The van der Waals surface area contributed by atoms with Crippen LogP contribution in [0.15, 0.2) is 23.7 Å². The Morgan fingerprint density at radius 2 is 2.29 bits per heavy atom. The van der Waals surface area contributed by atoms with Crippen molar-refractivity contribution in [2.45, 2.75) is 26.3 Å². The van der Waals surface area contributed by atoms with Gasteiger partial charge in [-0.15, -0.1) is 11.3 Å². The van der Waals surface area contributed by atoms with Gasteiger partial charge in [0.2, 0.25) is 0 Å². The Morgan fingerprint density at radius 3 is 3.05 bits per heavy atom. The fourth-order valence-corrected chi connectivity index (χ4v) is 3.58. The molecule has 0 atom stereocenters. The van der Waals surface area contributed by atoms with Crippen molar-refractivity contribution in [1.29, 1.82) is 0 Å². The van der Waals surface area contributed by atoms with E-state index in [2.05, 4.69) is 44.9 Å². The molecule has 1 aliphatic rings. The maximum absolute atomic E-state index is 4.19. The number of aromatic amines is 1. The van der Waals surface area contributed by atoms with Crippen LogP contribution in [0.5, 0.6) is 0 Å². The highest BCUT2D eigenvalue weighted by Gasteiger charge is 2.15. The normalized spacial score (nSPS) is 17.4. The summed E-state index contributed by atoms with van der Waals surface area (Å²) >= 11 is 1.75. The molecule has 2 aromatic rings. The van der Waals surface area contributed by atoms with Crippen LogP contribution in [0, 0.1) is 5.92 Å². The minimum atomic E-state index is 0.883. The number of aromatic nitrogens is 2. The highest BCUT2D eigenvalue weighted by atomic mass is 32.1. The molecule has 0 bridgehead atoms. The van der Waals surface area contributed by atoms with E-state index in [0.717, 1.165) is 31.2 Å². The van der Waals surface area contributed by atoms with Crippen molar-refractivity contribution in [2.24, 2.45) is 5.92 Å². The zero-order chi connectivity index (χ0) is 14.5. The Balaban J connectivity index is 1.43. The van der Waals surface area contributed by atoms with Gasteiger partial charge < -0.3 is 10.2 Å². The van der Waals surface area contributed by atoms with E-state index in [0.29, 0.717) is 0 Å². The predicted molar refractivity (Wildman–Crippen MR) is 88.4 cm³/mol. The van der Waals surface area contributed by atoms with E-state index in [1.807, 2.05) is 6.20 Å². The summed E-state index contributed by atoms with van der Waals surface area (Å²) in [6, 6.07) is 4.21. The molecule has 3 heterocycles. The van der Waals surface area contributed by atoms with Gasteiger partial charge in [0.1, 0.15) is 0 Å². The van der Waals surface area contributed by atoms with Crippen molar-refractivity contribution in [1.82, 2.24) is 20.4 Å². The summed E-state index contributed by atoms with van der Waals surface area (Å²) in [5.41, 5.74) is 2.41. The number of rotatable bonds is 6. The third kappa shape index (κ3) is 3.93. The monoisotopic (exact) mass is 304 g/mol. The van der Waals surface area contributed by atoms with Crippen LogP contribution in [0.25, 0.3) is 10.6 Å².